The van der Waals surface area contributed by atoms with Crippen LogP contribution >= 0.6 is 23.1 Å². The van der Waals surface area contributed by atoms with E-state index in [0.29, 0.717) is 21.8 Å². The number of nitrogens with zero attached hydrogens (tertiary/aromatic N) is 2. The first-order valence-electron chi connectivity index (χ1n) is 5.41. The highest BCUT2D eigenvalue weighted by Gasteiger charge is 2.14. The van der Waals surface area contributed by atoms with Crippen molar-refractivity contribution < 1.29 is 9.63 Å². The number of hydrogen-bond acceptors (Lipinski definition) is 6. The molecule has 0 saturated heterocycles. The maximum atomic E-state index is 9.55. The van der Waals surface area contributed by atoms with Crippen molar-refractivity contribution in [2.75, 3.05) is 0 Å². The van der Waals surface area contributed by atoms with Crippen LogP contribution in [0.5, 0.6) is 5.75 Å². The van der Waals surface area contributed by atoms with E-state index >= 15 is 0 Å². The van der Waals surface area contributed by atoms with Crippen molar-refractivity contribution in [3.63, 3.8) is 0 Å². The van der Waals surface area contributed by atoms with Crippen molar-refractivity contribution in [3.05, 3.63) is 17.3 Å². The van der Waals surface area contributed by atoms with Crippen molar-refractivity contribution >= 4 is 23.1 Å². The van der Waals surface area contributed by atoms with Gasteiger partial charge in [-0.2, -0.15) is 16.7 Å². The molecular weight excluding hydrogens is 256 g/mol. The summed E-state index contributed by atoms with van der Waals surface area (Å²) in [7, 11) is 0. The summed E-state index contributed by atoms with van der Waals surface area (Å²) in [5, 5.41) is 15.8. The van der Waals surface area contributed by atoms with Gasteiger partial charge in [0.1, 0.15) is 10.6 Å². The standard InChI is InChI=1S/C11H14N2O2S2/c1-3-7(2)17-6-9-12-11(15-13-9)10-8(14)4-5-16-10/h4-5,7,14H,3,6H2,1-2H3. The first kappa shape index (κ1) is 12.4. The Labute approximate surface area is 108 Å². The van der Waals surface area contributed by atoms with Crippen LogP contribution in [0.25, 0.3) is 10.8 Å². The van der Waals surface area contributed by atoms with E-state index in [1.165, 1.54) is 11.3 Å². The van der Waals surface area contributed by atoms with Crippen LogP contribution in [0.3, 0.4) is 0 Å². The minimum atomic E-state index is 0.194. The molecule has 0 fully saturated rings. The topological polar surface area (TPSA) is 59.2 Å². The minimum Gasteiger partial charge on any atom is -0.506 e. The van der Waals surface area contributed by atoms with Crippen LogP contribution in [-0.2, 0) is 5.75 Å². The van der Waals surface area contributed by atoms with Crippen molar-refractivity contribution in [3.8, 4) is 16.5 Å². The Balaban J connectivity index is 2.04. The van der Waals surface area contributed by atoms with Crippen LogP contribution in [0.15, 0.2) is 16.0 Å². The maximum Gasteiger partial charge on any atom is 0.271 e. The predicted molar refractivity (Wildman–Crippen MR) is 70.3 cm³/mol. The first-order chi connectivity index (χ1) is 8.20. The molecule has 92 valence electrons. The highest BCUT2D eigenvalue weighted by molar-refractivity contribution is 7.99. The van der Waals surface area contributed by atoms with Crippen LogP contribution in [0.4, 0.5) is 0 Å². The van der Waals surface area contributed by atoms with Gasteiger partial charge in [0, 0.05) is 5.25 Å². The zero-order chi connectivity index (χ0) is 12.3. The first-order valence-corrected chi connectivity index (χ1v) is 7.34. The zero-order valence-electron chi connectivity index (χ0n) is 9.71. The van der Waals surface area contributed by atoms with Crippen LogP contribution in [0.1, 0.15) is 26.1 Å². The average molecular weight is 270 g/mol. The summed E-state index contributed by atoms with van der Waals surface area (Å²) >= 11 is 3.19. The SMILES string of the molecule is CCC(C)SCc1noc(-c2sccc2O)n1. The summed E-state index contributed by atoms with van der Waals surface area (Å²) in [6.45, 7) is 4.33. The lowest BCUT2D eigenvalue weighted by atomic mass is 10.4. The molecule has 0 aliphatic heterocycles. The van der Waals surface area contributed by atoms with Gasteiger partial charge in [-0.1, -0.05) is 19.0 Å². The fraction of sp³-hybridized carbons (Fsp3) is 0.455. The van der Waals surface area contributed by atoms with Gasteiger partial charge >= 0.3 is 0 Å². The Morgan fingerprint density at radius 2 is 2.41 bits per heavy atom. The monoisotopic (exact) mass is 270 g/mol. The lowest BCUT2D eigenvalue weighted by Gasteiger charge is -2.04. The fourth-order valence-electron chi connectivity index (χ4n) is 1.20. The Morgan fingerprint density at radius 1 is 1.59 bits per heavy atom. The molecule has 17 heavy (non-hydrogen) atoms. The van der Waals surface area contributed by atoms with Gasteiger partial charge in [0.2, 0.25) is 0 Å². The molecular formula is C11H14N2O2S2. The lowest BCUT2D eigenvalue weighted by molar-refractivity contribution is 0.421. The quantitative estimate of drug-likeness (QED) is 0.900. The molecule has 2 aromatic rings. The molecule has 0 saturated carbocycles. The summed E-state index contributed by atoms with van der Waals surface area (Å²) in [6.07, 6.45) is 1.13. The van der Waals surface area contributed by atoms with E-state index in [1.54, 1.807) is 23.2 Å². The predicted octanol–water partition coefficient (Wildman–Crippen LogP) is 3.54. The third kappa shape index (κ3) is 3.01. The van der Waals surface area contributed by atoms with Gasteiger partial charge in [0.25, 0.3) is 5.89 Å². The molecule has 1 atom stereocenters. The zero-order valence-corrected chi connectivity index (χ0v) is 11.3. The summed E-state index contributed by atoms with van der Waals surface area (Å²) in [5.74, 6) is 2.01. The van der Waals surface area contributed by atoms with Gasteiger partial charge in [-0.25, -0.2) is 0 Å². The van der Waals surface area contributed by atoms with E-state index in [-0.39, 0.29) is 5.75 Å². The van der Waals surface area contributed by atoms with Crippen LogP contribution in [-0.4, -0.2) is 20.5 Å². The highest BCUT2D eigenvalue weighted by atomic mass is 32.2. The molecule has 2 aromatic heterocycles. The molecule has 1 unspecified atom stereocenters. The Morgan fingerprint density at radius 3 is 3.06 bits per heavy atom. The second kappa shape index (κ2) is 5.55. The molecule has 0 aliphatic carbocycles. The van der Waals surface area contributed by atoms with E-state index in [9.17, 15) is 5.11 Å². The Kier molecular flexibility index (Phi) is 4.06. The van der Waals surface area contributed by atoms with Crippen molar-refractivity contribution in [1.29, 1.82) is 0 Å². The van der Waals surface area contributed by atoms with Gasteiger partial charge < -0.3 is 9.63 Å². The second-order valence-corrected chi connectivity index (χ2v) is 6.02. The third-order valence-electron chi connectivity index (χ3n) is 2.38. The molecule has 0 amide bonds. The minimum absolute atomic E-state index is 0.194. The van der Waals surface area contributed by atoms with Crippen molar-refractivity contribution in [2.45, 2.75) is 31.3 Å². The van der Waals surface area contributed by atoms with E-state index in [2.05, 4.69) is 24.0 Å². The number of rotatable bonds is 5. The van der Waals surface area contributed by atoms with Crippen LogP contribution in [0.2, 0.25) is 0 Å². The number of thiophene rings is 1. The number of aromatic hydroxyl groups is 1. The maximum absolute atomic E-state index is 9.55. The molecule has 0 aliphatic rings. The summed E-state index contributed by atoms with van der Waals surface area (Å²) in [5.41, 5.74) is 0. The lowest BCUT2D eigenvalue weighted by Crippen LogP contribution is -1.94. The van der Waals surface area contributed by atoms with Gasteiger partial charge in [-0.3, -0.25) is 0 Å². The summed E-state index contributed by atoms with van der Waals surface area (Å²) < 4.78 is 5.13. The molecule has 0 bridgehead atoms. The van der Waals surface area contributed by atoms with Crippen molar-refractivity contribution in [1.82, 2.24) is 10.1 Å². The average Bonchev–Trinajstić information content (AvgIpc) is 2.94. The smallest absolute Gasteiger partial charge is 0.271 e. The Hall–Kier alpha value is -1.01. The van der Waals surface area contributed by atoms with Gasteiger partial charge in [0.05, 0.1) is 5.75 Å². The largest absolute Gasteiger partial charge is 0.506 e. The number of hydrogen-bond donors (Lipinski definition) is 1. The molecule has 0 aromatic carbocycles. The van der Waals surface area contributed by atoms with Gasteiger partial charge in [-0.05, 0) is 17.9 Å². The molecule has 0 radical (unpaired) electrons. The normalized spacial score (nSPS) is 12.8. The second-order valence-electron chi connectivity index (χ2n) is 3.68. The number of thioether (sulfide) groups is 1. The molecule has 1 N–H and O–H groups in total. The van der Waals surface area contributed by atoms with Crippen LogP contribution < -0.4 is 0 Å². The molecule has 4 nitrogen and oxygen atoms in total. The number of aromatic nitrogens is 2. The van der Waals surface area contributed by atoms with E-state index in [0.717, 1.165) is 12.2 Å². The summed E-state index contributed by atoms with van der Waals surface area (Å²) in [6, 6.07) is 1.62. The summed E-state index contributed by atoms with van der Waals surface area (Å²) in [4.78, 5) is 4.91. The molecule has 6 heteroatoms. The van der Waals surface area contributed by atoms with Crippen molar-refractivity contribution in [2.24, 2.45) is 0 Å². The molecule has 2 heterocycles. The van der Waals surface area contributed by atoms with E-state index in [4.69, 9.17) is 4.52 Å². The molecule has 0 spiro atoms. The van der Waals surface area contributed by atoms with E-state index in [1.807, 2.05) is 0 Å². The Bertz CT molecular complexity index is 481. The van der Waals surface area contributed by atoms with Crippen LogP contribution in [0, 0.1) is 0 Å². The third-order valence-corrected chi connectivity index (χ3v) is 4.60. The molecule has 2 rings (SSSR count). The fourth-order valence-corrected chi connectivity index (χ4v) is 2.69. The van der Waals surface area contributed by atoms with E-state index < -0.39 is 0 Å². The highest BCUT2D eigenvalue weighted by Crippen LogP contribution is 2.33. The van der Waals surface area contributed by atoms with Gasteiger partial charge in [-0.15, -0.1) is 11.3 Å². The van der Waals surface area contributed by atoms with Gasteiger partial charge in [0.15, 0.2) is 5.82 Å².